The van der Waals surface area contributed by atoms with Gasteiger partial charge in [-0.3, -0.25) is 7.57 Å². The molecule has 141 valence electrons. The third-order valence-electron chi connectivity index (χ3n) is 5.60. The van der Waals surface area contributed by atoms with Crippen LogP contribution in [0.5, 0.6) is 0 Å². The average molecular weight is 377 g/mol. The summed E-state index contributed by atoms with van der Waals surface area (Å²) in [6, 6.07) is 17.0. The van der Waals surface area contributed by atoms with Crippen molar-refractivity contribution in [3.8, 4) is 0 Å². The van der Waals surface area contributed by atoms with Gasteiger partial charge in [0, 0.05) is 16.0 Å². The van der Waals surface area contributed by atoms with Crippen LogP contribution in [0.2, 0.25) is 0 Å². The van der Waals surface area contributed by atoms with Crippen molar-refractivity contribution in [3.05, 3.63) is 59.7 Å². The Morgan fingerprint density at radius 2 is 1.33 bits per heavy atom. The van der Waals surface area contributed by atoms with Crippen molar-refractivity contribution < 1.29 is 0 Å². The van der Waals surface area contributed by atoms with E-state index in [4.69, 9.17) is 12.6 Å². The van der Waals surface area contributed by atoms with Crippen molar-refractivity contribution >= 4 is 31.7 Å². The summed E-state index contributed by atoms with van der Waals surface area (Å²) in [5, 5.41) is 3.56. The van der Waals surface area contributed by atoms with Crippen molar-refractivity contribution in [2.75, 3.05) is 5.32 Å². The third-order valence-corrected chi connectivity index (χ3v) is 10.7. The van der Waals surface area contributed by atoms with Crippen LogP contribution in [-0.4, -0.2) is 23.5 Å². The van der Waals surface area contributed by atoms with Gasteiger partial charge < -0.3 is 5.32 Å². The number of rotatable bonds is 1. The fourth-order valence-corrected chi connectivity index (χ4v) is 7.88. The summed E-state index contributed by atoms with van der Waals surface area (Å²) in [6.45, 7) is 13.5. The number of hydrogen-bond acceptors (Lipinski definition) is 2. The highest BCUT2D eigenvalue weighted by Crippen LogP contribution is 2.74. The molecule has 0 saturated heterocycles. The molecule has 1 heterocycles. The molecule has 0 amide bonds. The molecule has 1 aliphatic rings. The smallest absolute Gasteiger partial charge is 0.202 e. The zero-order valence-electron chi connectivity index (χ0n) is 17.5. The van der Waals surface area contributed by atoms with Gasteiger partial charge in [-0.15, -0.1) is 0 Å². The standard InChI is InChI=1S/C23H31BN2P/c1-22(2,3)27(24,23(4,5)6)21-25-19-13-9-7-11-17(19)15-16-18-12-8-10-14-20(18)26-21/h7-14H,15-16H2,1-6H3,(H,25,26). The first kappa shape index (κ1) is 20.1. The van der Waals surface area contributed by atoms with E-state index < -0.39 is 7.14 Å². The van der Waals surface area contributed by atoms with E-state index in [2.05, 4.69) is 95.4 Å². The van der Waals surface area contributed by atoms with Gasteiger partial charge >= 0.3 is 0 Å². The quantitative estimate of drug-likeness (QED) is 0.440. The second kappa shape index (κ2) is 7.10. The third kappa shape index (κ3) is 3.72. The summed E-state index contributed by atoms with van der Waals surface area (Å²) in [5.41, 5.74) is 5.71. The van der Waals surface area contributed by atoms with Gasteiger partial charge in [-0.2, -0.15) is 7.14 Å². The van der Waals surface area contributed by atoms with E-state index in [1.165, 1.54) is 11.1 Å². The molecule has 0 unspecified atom stereocenters. The molecule has 2 aromatic rings. The van der Waals surface area contributed by atoms with Crippen LogP contribution >= 0.6 is 7.14 Å². The molecule has 27 heavy (non-hydrogen) atoms. The Kier molecular flexibility index (Phi) is 5.30. The van der Waals surface area contributed by atoms with Crippen LogP contribution in [0.4, 0.5) is 11.4 Å². The first-order chi connectivity index (χ1) is 12.5. The van der Waals surface area contributed by atoms with Crippen molar-refractivity contribution in [1.29, 1.82) is 0 Å². The van der Waals surface area contributed by atoms with E-state index >= 15 is 0 Å². The molecule has 0 fully saturated rings. The number of nitrogens with one attached hydrogen (secondary N) is 1. The molecule has 0 saturated carbocycles. The first-order valence-electron chi connectivity index (χ1n) is 9.74. The molecule has 0 spiro atoms. The highest BCUT2D eigenvalue weighted by atomic mass is 31.2. The summed E-state index contributed by atoms with van der Waals surface area (Å²) >= 11 is 0. The Morgan fingerprint density at radius 3 is 1.96 bits per heavy atom. The molecule has 0 aromatic heterocycles. The molecule has 2 aromatic carbocycles. The van der Waals surface area contributed by atoms with Gasteiger partial charge in [-0.05, 0) is 77.6 Å². The maximum atomic E-state index is 7.33. The lowest BCUT2D eigenvalue weighted by Crippen LogP contribution is -2.41. The van der Waals surface area contributed by atoms with E-state index in [1.54, 1.807) is 0 Å². The van der Waals surface area contributed by atoms with Crippen LogP contribution < -0.4 is 5.32 Å². The van der Waals surface area contributed by atoms with Crippen LogP contribution in [0, 0.1) is 0 Å². The van der Waals surface area contributed by atoms with Gasteiger partial charge in [0.25, 0.3) is 0 Å². The van der Waals surface area contributed by atoms with Crippen molar-refractivity contribution in [2.45, 2.75) is 64.7 Å². The fourth-order valence-electron chi connectivity index (χ4n) is 4.03. The van der Waals surface area contributed by atoms with Gasteiger partial charge in [-0.1, -0.05) is 36.4 Å². The predicted molar refractivity (Wildman–Crippen MR) is 123 cm³/mol. The summed E-state index contributed by atoms with van der Waals surface area (Å²) in [6.07, 6.45) is 1.97. The highest BCUT2D eigenvalue weighted by Gasteiger charge is 2.47. The van der Waals surface area contributed by atoms with Crippen LogP contribution in [0.3, 0.4) is 0 Å². The predicted octanol–water partition coefficient (Wildman–Crippen LogP) is 6.58. The molecule has 2 nitrogen and oxygen atoms in total. The number of hydrogen-bond donors (Lipinski definition) is 1. The first-order valence-corrected chi connectivity index (χ1v) is 11.6. The average Bonchev–Trinajstić information content (AvgIpc) is 2.66. The topological polar surface area (TPSA) is 24.4 Å². The Balaban J connectivity index is 2.28. The Labute approximate surface area is 166 Å². The number of nitrogens with zero attached hydrogens (tertiary/aromatic N) is 1. The van der Waals surface area contributed by atoms with E-state index in [-0.39, 0.29) is 10.3 Å². The molecule has 1 aliphatic heterocycles. The summed E-state index contributed by atoms with van der Waals surface area (Å²) in [4.78, 5) is 5.19. The van der Waals surface area contributed by atoms with E-state index in [0.717, 1.165) is 29.8 Å². The van der Waals surface area contributed by atoms with Gasteiger partial charge in [0.05, 0.1) is 5.69 Å². The van der Waals surface area contributed by atoms with Crippen LogP contribution in [-0.2, 0) is 12.8 Å². The Morgan fingerprint density at radius 1 is 0.815 bits per heavy atom. The zero-order chi connectivity index (χ0) is 19.9. The lowest BCUT2D eigenvalue weighted by Gasteiger charge is -2.56. The van der Waals surface area contributed by atoms with E-state index in [1.807, 2.05) is 0 Å². The number of para-hydroxylation sites is 2. The van der Waals surface area contributed by atoms with Crippen LogP contribution in [0.25, 0.3) is 0 Å². The number of aliphatic imine (C=N–C) groups is 1. The van der Waals surface area contributed by atoms with Crippen molar-refractivity contribution in [1.82, 2.24) is 0 Å². The Hall–Kier alpha value is -1.60. The molecular weight excluding hydrogens is 346 g/mol. The van der Waals surface area contributed by atoms with Crippen molar-refractivity contribution in [2.24, 2.45) is 4.99 Å². The van der Waals surface area contributed by atoms with Gasteiger partial charge in [-0.25, -0.2) is 4.99 Å². The maximum absolute atomic E-state index is 7.33. The second-order valence-corrected chi connectivity index (χ2v) is 14.0. The number of benzene rings is 2. The minimum absolute atomic E-state index is 0.0744. The maximum Gasteiger partial charge on any atom is 0.202 e. The lowest BCUT2D eigenvalue weighted by molar-refractivity contribution is 0.711. The molecular formula is C23H31BN2P. The summed E-state index contributed by atoms with van der Waals surface area (Å²) in [5.74, 6) is 0. The molecule has 0 aliphatic carbocycles. The largest absolute Gasteiger partial charge is 0.314 e. The molecule has 0 atom stereocenters. The number of aryl methyl sites for hydroxylation is 2. The summed E-state index contributed by atoms with van der Waals surface area (Å²) < 4.78 is 0. The molecule has 0 bridgehead atoms. The normalized spacial score (nSPS) is 15.4. The molecule has 3 rings (SSSR count). The zero-order valence-corrected chi connectivity index (χ0v) is 18.4. The highest BCUT2D eigenvalue weighted by molar-refractivity contribution is 8.11. The second-order valence-electron chi connectivity index (χ2n) is 9.41. The van der Waals surface area contributed by atoms with Gasteiger partial charge in [0.15, 0.2) is 0 Å². The molecule has 3 radical (unpaired) electrons. The van der Waals surface area contributed by atoms with Crippen LogP contribution in [0.15, 0.2) is 53.5 Å². The van der Waals surface area contributed by atoms with Gasteiger partial charge in [0.2, 0.25) is 5.58 Å². The molecule has 4 heteroatoms. The lowest BCUT2D eigenvalue weighted by atomic mass is 10.0. The minimum atomic E-state index is -2.15. The fraction of sp³-hybridized carbons (Fsp3) is 0.435. The van der Waals surface area contributed by atoms with E-state index in [0.29, 0.717) is 0 Å². The monoisotopic (exact) mass is 377 g/mol. The van der Waals surface area contributed by atoms with Crippen molar-refractivity contribution in [3.63, 3.8) is 0 Å². The number of amidine groups is 1. The SMILES string of the molecule is [B-][P+](C1=Nc2ccccc2CCc2ccccc2N1)(C(C)(C)C)C(C)(C)C. The summed E-state index contributed by atoms with van der Waals surface area (Å²) in [7, 11) is 5.18. The number of fused-ring (bicyclic) bond motifs is 2. The minimum Gasteiger partial charge on any atom is -0.314 e. The molecule has 1 N–H and O–H groups in total. The van der Waals surface area contributed by atoms with E-state index in [9.17, 15) is 0 Å². The Bertz CT molecular complexity index is 845. The van der Waals surface area contributed by atoms with Gasteiger partial charge in [0.1, 0.15) is 0 Å². The number of anilines is 1. The van der Waals surface area contributed by atoms with Crippen LogP contribution in [0.1, 0.15) is 52.7 Å².